The van der Waals surface area contributed by atoms with Crippen molar-refractivity contribution in [2.75, 3.05) is 44.7 Å². The van der Waals surface area contributed by atoms with E-state index >= 15 is 0 Å². The monoisotopic (exact) mass is 269 g/mol. The summed E-state index contributed by atoms with van der Waals surface area (Å²) in [6.07, 6.45) is 1.28. The van der Waals surface area contributed by atoms with Crippen LogP contribution in [0.1, 0.15) is 10.4 Å². The Labute approximate surface area is 110 Å². The zero-order valence-corrected chi connectivity index (χ0v) is 10.4. The molecule has 104 valence electrons. The molecule has 2 rings (SSSR count). The van der Waals surface area contributed by atoms with Crippen LogP contribution in [0.25, 0.3) is 0 Å². The maximum atomic E-state index is 13.7. The van der Waals surface area contributed by atoms with Crippen LogP contribution in [0, 0.1) is 5.82 Å². The van der Waals surface area contributed by atoms with Crippen molar-refractivity contribution in [3.8, 4) is 0 Å². The van der Waals surface area contributed by atoms with E-state index in [1.807, 2.05) is 0 Å². The minimum Gasteiger partial charge on any atom is -0.478 e. The fourth-order valence-corrected chi connectivity index (χ4v) is 1.89. The lowest BCUT2D eigenvalue weighted by Crippen LogP contribution is -2.39. The fraction of sp³-hybridized carbons (Fsp3) is 0.500. The number of hydrogen-bond acceptors (Lipinski definition) is 5. The number of nitrogens with one attached hydrogen (secondary N) is 1. The molecule has 0 saturated carbocycles. The van der Waals surface area contributed by atoms with Gasteiger partial charge in [-0.05, 0) is 6.07 Å². The van der Waals surface area contributed by atoms with Gasteiger partial charge in [0.05, 0.1) is 13.2 Å². The minimum atomic E-state index is -1.30. The number of carboxylic acids is 1. The Hall–Kier alpha value is -1.73. The third-order valence-electron chi connectivity index (χ3n) is 2.94. The molecular formula is C12H16FN3O3. The molecule has 0 amide bonds. The molecule has 1 saturated heterocycles. The lowest BCUT2D eigenvalue weighted by Gasteiger charge is -2.26. The SMILES string of the molecule is O=C(O)c1ccnc(NCCN2CCOCC2)c1F. The molecule has 19 heavy (non-hydrogen) atoms. The molecule has 2 heterocycles. The van der Waals surface area contributed by atoms with Gasteiger partial charge < -0.3 is 15.2 Å². The normalized spacial score (nSPS) is 16.3. The van der Waals surface area contributed by atoms with E-state index in [1.165, 1.54) is 6.20 Å². The summed E-state index contributed by atoms with van der Waals surface area (Å²) in [7, 11) is 0. The number of pyridine rings is 1. The van der Waals surface area contributed by atoms with Gasteiger partial charge in [-0.1, -0.05) is 0 Å². The topological polar surface area (TPSA) is 74.7 Å². The molecule has 1 aromatic heterocycles. The van der Waals surface area contributed by atoms with E-state index in [0.29, 0.717) is 19.8 Å². The number of nitrogens with zero attached hydrogens (tertiary/aromatic N) is 2. The largest absolute Gasteiger partial charge is 0.478 e. The van der Waals surface area contributed by atoms with Crippen LogP contribution >= 0.6 is 0 Å². The molecule has 7 heteroatoms. The third-order valence-corrected chi connectivity index (χ3v) is 2.94. The first-order chi connectivity index (χ1) is 9.18. The lowest BCUT2D eigenvalue weighted by atomic mass is 10.2. The second kappa shape index (κ2) is 6.44. The molecule has 0 unspecified atom stereocenters. The predicted octanol–water partition coefficient (Wildman–Crippen LogP) is 0.663. The molecule has 1 fully saturated rings. The fourth-order valence-electron chi connectivity index (χ4n) is 1.89. The third kappa shape index (κ3) is 3.62. The molecule has 0 atom stereocenters. The van der Waals surface area contributed by atoms with Crippen LogP contribution in [0.15, 0.2) is 12.3 Å². The minimum absolute atomic E-state index is 0.0202. The van der Waals surface area contributed by atoms with Gasteiger partial charge in [0.2, 0.25) is 0 Å². The molecule has 0 bridgehead atoms. The summed E-state index contributed by atoms with van der Waals surface area (Å²) in [4.78, 5) is 16.8. The van der Waals surface area contributed by atoms with E-state index in [0.717, 1.165) is 25.7 Å². The summed E-state index contributed by atoms with van der Waals surface area (Å²) < 4.78 is 19.0. The quantitative estimate of drug-likeness (QED) is 0.818. The number of rotatable bonds is 5. The zero-order chi connectivity index (χ0) is 13.7. The van der Waals surface area contributed by atoms with Gasteiger partial charge in [0, 0.05) is 32.4 Å². The summed E-state index contributed by atoms with van der Waals surface area (Å²) in [5, 5.41) is 11.6. The van der Waals surface area contributed by atoms with Crippen LogP contribution in [0.3, 0.4) is 0 Å². The Balaban J connectivity index is 1.88. The Kier molecular flexibility index (Phi) is 4.64. The molecule has 0 aliphatic carbocycles. The van der Waals surface area contributed by atoms with Gasteiger partial charge >= 0.3 is 5.97 Å². The average Bonchev–Trinajstić information content (AvgIpc) is 2.41. The number of aromatic nitrogens is 1. The molecule has 6 nitrogen and oxygen atoms in total. The van der Waals surface area contributed by atoms with Gasteiger partial charge in [0.15, 0.2) is 11.6 Å². The van der Waals surface area contributed by atoms with Gasteiger partial charge in [-0.25, -0.2) is 14.2 Å². The number of ether oxygens (including phenoxy) is 1. The Morgan fingerprint density at radius 2 is 2.26 bits per heavy atom. The van der Waals surface area contributed by atoms with Crippen molar-refractivity contribution in [2.24, 2.45) is 0 Å². The van der Waals surface area contributed by atoms with Gasteiger partial charge in [0.1, 0.15) is 5.56 Å². The molecular weight excluding hydrogens is 253 g/mol. The van der Waals surface area contributed by atoms with Crippen molar-refractivity contribution in [1.29, 1.82) is 0 Å². The number of hydrogen-bond donors (Lipinski definition) is 2. The van der Waals surface area contributed by atoms with Crippen LogP contribution in [-0.2, 0) is 4.74 Å². The smallest absolute Gasteiger partial charge is 0.338 e. The molecule has 2 N–H and O–H groups in total. The van der Waals surface area contributed by atoms with Gasteiger partial charge in [-0.3, -0.25) is 4.90 Å². The molecule has 1 aliphatic rings. The van der Waals surface area contributed by atoms with E-state index < -0.39 is 11.8 Å². The number of halogens is 1. The maximum Gasteiger partial charge on any atom is 0.338 e. The standard InChI is InChI=1S/C12H16FN3O3/c13-10-9(12(17)18)1-2-14-11(10)15-3-4-16-5-7-19-8-6-16/h1-2H,3-8H2,(H,14,15)(H,17,18). The molecule has 0 radical (unpaired) electrons. The first-order valence-corrected chi connectivity index (χ1v) is 6.10. The highest BCUT2D eigenvalue weighted by molar-refractivity contribution is 5.88. The van der Waals surface area contributed by atoms with Gasteiger partial charge in [-0.2, -0.15) is 0 Å². The van der Waals surface area contributed by atoms with Crippen molar-refractivity contribution in [3.63, 3.8) is 0 Å². The van der Waals surface area contributed by atoms with Crippen LogP contribution in [0.5, 0.6) is 0 Å². The Morgan fingerprint density at radius 3 is 2.95 bits per heavy atom. The molecule has 0 aromatic carbocycles. The van der Waals surface area contributed by atoms with Crippen LogP contribution in [0.4, 0.5) is 10.2 Å². The van der Waals surface area contributed by atoms with Gasteiger partial charge in [0.25, 0.3) is 0 Å². The number of carboxylic acid groups (broad SMARTS) is 1. The highest BCUT2D eigenvalue weighted by atomic mass is 19.1. The average molecular weight is 269 g/mol. The Morgan fingerprint density at radius 1 is 1.53 bits per heavy atom. The van der Waals surface area contributed by atoms with Crippen molar-refractivity contribution in [1.82, 2.24) is 9.88 Å². The first kappa shape index (κ1) is 13.7. The Bertz CT molecular complexity index is 450. The van der Waals surface area contributed by atoms with E-state index in [1.54, 1.807) is 0 Å². The van der Waals surface area contributed by atoms with E-state index in [9.17, 15) is 9.18 Å². The molecule has 0 spiro atoms. The number of morpholine rings is 1. The molecule has 1 aliphatic heterocycles. The van der Waals surface area contributed by atoms with Crippen LogP contribution in [0.2, 0.25) is 0 Å². The second-order valence-corrected chi connectivity index (χ2v) is 4.21. The molecule has 1 aromatic rings. The van der Waals surface area contributed by atoms with Gasteiger partial charge in [-0.15, -0.1) is 0 Å². The van der Waals surface area contributed by atoms with Crippen LogP contribution < -0.4 is 5.32 Å². The lowest BCUT2D eigenvalue weighted by molar-refractivity contribution is 0.0398. The second-order valence-electron chi connectivity index (χ2n) is 4.21. The highest BCUT2D eigenvalue weighted by Crippen LogP contribution is 2.14. The number of anilines is 1. The highest BCUT2D eigenvalue weighted by Gasteiger charge is 2.15. The van der Waals surface area contributed by atoms with Crippen molar-refractivity contribution >= 4 is 11.8 Å². The van der Waals surface area contributed by atoms with E-state index in [-0.39, 0.29) is 11.4 Å². The van der Waals surface area contributed by atoms with Crippen molar-refractivity contribution < 1.29 is 19.0 Å². The van der Waals surface area contributed by atoms with E-state index in [2.05, 4.69) is 15.2 Å². The predicted molar refractivity (Wildman–Crippen MR) is 66.9 cm³/mol. The summed E-state index contributed by atoms with van der Waals surface area (Å²) >= 11 is 0. The number of aromatic carboxylic acids is 1. The summed E-state index contributed by atoms with van der Waals surface area (Å²) in [5.74, 6) is -2.14. The van der Waals surface area contributed by atoms with E-state index in [4.69, 9.17) is 9.84 Å². The van der Waals surface area contributed by atoms with Crippen molar-refractivity contribution in [3.05, 3.63) is 23.6 Å². The van der Waals surface area contributed by atoms with Crippen LogP contribution in [-0.4, -0.2) is 60.4 Å². The maximum absolute atomic E-state index is 13.7. The summed E-state index contributed by atoms with van der Waals surface area (Å²) in [6.45, 7) is 4.37. The summed E-state index contributed by atoms with van der Waals surface area (Å²) in [5.41, 5.74) is -0.371. The number of carbonyl (C=O) groups is 1. The zero-order valence-electron chi connectivity index (χ0n) is 10.4. The van der Waals surface area contributed by atoms with Crippen molar-refractivity contribution in [2.45, 2.75) is 0 Å². The summed E-state index contributed by atoms with van der Waals surface area (Å²) in [6, 6.07) is 1.14. The first-order valence-electron chi connectivity index (χ1n) is 6.10.